The third-order valence-corrected chi connectivity index (χ3v) is 3.47. The summed E-state index contributed by atoms with van der Waals surface area (Å²) in [7, 11) is 0. The van der Waals surface area contributed by atoms with Crippen LogP contribution in [0.15, 0.2) is 12.4 Å². The van der Waals surface area contributed by atoms with Gasteiger partial charge in [0.05, 0.1) is 24.6 Å². The highest BCUT2D eigenvalue weighted by molar-refractivity contribution is 7.80. The molecule has 0 aliphatic carbocycles. The number of fused-ring (bicyclic) bond motifs is 2. The van der Waals surface area contributed by atoms with Crippen molar-refractivity contribution in [1.29, 1.82) is 0 Å². The molecule has 2 unspecified atom stereocenters. The predicted molar refractivity (Wildman–Crippen MR) is 68.0 cm³/mol. The molecule has 5 nitrogen and oxygen atoms in total. The number of hydrogen-bond donors (Lipinski definition) is 1. The van der Waals surface area contributed by atoms with E-state index in [-0.39, 0.29) is 4.99 Å². The van der Waals surface area contributed by atoms with Gasteiger partial charge in [-0.2, -0.15) is 0 Å². The molecule has 2 bridgehead atoms. The van der Waals surface area contributed by atoms with Crippen LogP contribution in [0.3, 0.4) is 0 Å². The summed E-state index contributed by atoms with van der Waals surface area (Å²) in [6, 6.07) is 0. The van der Waals surface area contributed by atoms with Gasteiger partial charge in [-0.25, -0.2) is 9.97 Å². The van der Waals surface area contributed by atoms with Crippen LogP contribution in [0, 0.1) is 0 Å². The van der Waals surface area contributed by atoms with Crippen LogP contribution in [0.5, 0.6) is 0 Å². The molecule has 3 heterocycles. The summed E-state index contributed by atoms with van der Waals surface area (Å²) in [4.78, 5) is 11.1. The fraction of sp³-hybridized carbons (Fsp3) is 0.545. The van der Waals surface area contributed by atoms with Crippen molar-refractivity contribution in [2.75, 3.05) is 18.0 Å². The van der Waals surface area contributed by atoms with Gasteiger partial charge in [-0.3, -0.25) is 0 Å². The monoisotopic (exact) mass is 250 g/mol. The quantitative estimate of drug-likeness (QED) is 0.770. The largest absolute Gasteiger partial charge is 0.388 e. The van der Waals surface area contributed by atoms with Crippen molar-refractivity contribution in [3.63, 3.8) is 0 Å². The molecule has 0 spiro atoms. The summed E-state index contributed by atoms with van der Waals surface area (Å²) in [6.07, 6.45) is 6.38. The average molecular weight is 250 g/mol. The van der Waals surface area contributed by atoms with Crippen LogP contribution < -0.4 is 10.6 Å². The molecule has 0 saturated carbocycles. The Kier molecular flexibility index (Phi) is 2.68. The van der Waals surface area contributed by atoms with E-state index >= 15 is 0 Å². The highest BCUT2D eigenvalue weighted by atomic mass is 32.1. The van der Waals surface area contributed by atoms with Gasteiger partial charge in [0.2, 0.25) is 0 Å². The van der Waals surface area contributed by atoms with Crippen molar-refractivity contribution in [2.45, 2.75) is 25.0 Å². The van der Waals surface area contributed by atoms with E-state index in [1.54, 1.807) is 12.4 Å². The molecule has 2 fully saturated rings. The highest BCUT2D eigenvalue weighted by Gasteiger charge is 2.34. The standard InChI is InChI=1S/C11H14N4OS/c12-11(17)9-3-14-10(4-13-9)15-5-7-1-2-8(6-15)16-7/h3-4,7-8H,1-2,5-6H2,(H2,12,17). The lowest BCUT2D eigenvalue weighted by Crippen LogP contribution is -2.43. The molecule has 2 saturated heterocycles. The Bertz CT molecular complexity index is 424. The van der Waals surface area contributed by atoms with E-state index in [9.17, 15) is 0 Å². The Hall–Kier alpha value is -1.27. The Balaban J connectivity index is 1.78. The number of nitrogens with zero attached hydrogens (tertiary/aromatic N) is 3. The van der Waals surface area contributed by atoms with Gasteiger partial charge in [-0.15, -0.1) is 0 Å². The maximum absolute atomic E-state index is 5.78. The van der Waals surface area contributed by atoms with Crippen molar-refractivity contribution < 1.29 is 4.74 Å². The van der Waals surface area contributed by atoms with E-state index < -0.39 is 0 Å². The summed E-state index contributed by atoms with van der Waals surface area (Å²) in [5.74, 6) is 0.880. The van der Waals surface area contributed by atoms with Crippen molar-refractivity contribution in [3.8, 4) is 0 Å². The van der Waals surface area contributed by atoms with Crippen LogP contribution in [0.25, 0.3) is 0 Å². The zero-order chi connectivity index (χ0) is 11.8. The molecule has 0 radical (unpaired) electrons. The van der Waals surface area contributed by atoms with Gasteiger partial charge in [0.15, 0.2) is 0 Å². The average Bonchev–Trinajstić information content (AvgIpc) is 2.68. The van der Waals surface area contributed by atoms with Gasteiger partial charge >= 0.3 is 0 Å². The predicted octanol–water partition coefficient (Wildman–Crippen LogP) is 0.478. The molecule has 6 heteroatoms. The van der Waals surface area contributed by atoms with Gasteiger partial charge < -0.3 is 15.4 Å². The Morgan fingerprint density at radius 2 is 2.00 bits per heavy atom. The number of nitrogens with two attached hydrogens (primary N) is 1. The molecular formula is C11H14N4OS. The maximum atomic E-state index is 5.78. The molecule has 1 aromatic heterocycles. The fourth-order valence-electron chi connectivity index (χ4n) is 2.41. The van der Waals surface area contributed by atoms with Crippen LogP contribution >= 0.6 is 12.2 Å². The molecule has 1 aromatic rings. The Morgan fingerprint density at radius 1 is 1.29 bits per heavy atom. The van der Waals surface area contributed by atoms with Crippen LogP contribution in [0.2, 0.25) is 0 Å². The second kappa shape index (κ2) is 4.19. The number of ether oxygens (including phenoxy) is 1. The second-order valence-corrected chi connectivity index (χ2v) is 4.93. The van der Waals surface area contributed by atoms with Crippen LogP contribution in [0.4, 0.5) is 5.82 Å². The van der Waals surface area contributed by atoms with E-state index in [0.29, 0.717) is 17.9 Å². The molecule has 0 amide bonds. The summed E-state index contributed by atoms with van der Waals surface area (Å²) in [5, 5.41) is 0. The van der Waals surface area contributed by atoms with E-state index in [1.165, 1.54) is 0 Å². The lowest BCUT2D eigenvalue weighted by molar-refractivity contribution is 0.0302. The highest BCUT2D eigenvalue weighted by Crippen LogP contribution is 2.28. The van der Waals surface area contributed by atoms with E-state index in [1.807, 2.05) is 0 Å². The van der Waals surface area contributed by atoms with Gasteiger partial charge in [-0.05, 0) is 12.8 Å². The molecular weight excluding hydrogens is 236 g/mol. The number of morpholine rings is 1. The van der Waals surface area contributed by atoms with Crippen molar-refractivity contribution >= 4 is 23.0 Å². The Morgan fingerprint density at radius 3 is 2.53 bits per heavy atom. The minimum Gasteiger partial charge on any atom is -0.388 e. The summed E-state index contributed by atoms with van der Waals surface area (Å²) in [5.41, 5.74) is 6.06. The minimum atomic E-state index is 0.283. The molecule has 2 aliphatic heterocycles. The number of hydrogen-bond acceptors (Lipinski definition) is 5. The zero-order valence-corrected chi connectivity index (χ0v) is 10.2. The van der Waals surface area contributed by atoms with E-state index in [2.05, 4.69) is 14.9 Å². The molecule has 2 atom stereocenters. The van der Waals surface area contributed by atoms with Gasteiger partial charge in [0.1, 0.15) is 16.5 Å². The molecule has 3 rings (SSSR count). The lowest BCUT2D eigenvalue weighted by Gasteiger charge is -2.32. The number of rotatable bonds is 2. The molecule has 0 aromatic carbocycles. The third-order valence-electron chi connectivity index (χ3n) is 3.26. The molecule has 17 heavy (non-hydrogen) atoms. The Labute approximate surface area is 105 Å². The SMILES string of the molecule is NC(=S)c1cnc(N2CC3CCC(C2)O3)cn1. The lowest BCUT2D eigenvalue weighted by atomic mass is 10.2. The van der Waals surface area contributed by atoms with Crippen molar-refractivity contribution in [3.05, 3.63) is 18.1 Å². The first kappa shape index (κ1) is 10.9. The first-order valence-corrected chi connectivity index (χ1v) is 6.15. The third kappa shape index (κ3) is 2.10. The van der Waals surface area contributed by atoms with Gasteiger partial charge in [0.25, 0.3) is 0 Å². The topological polar surface area (TPSA) is 64.3 Å². The van der Waals surface area contributed by atoms with Crippen molar-refractivity contribution in [2.24, 2.45) is 5.73 Å². The minimum absolute atomic E-state index is 0.283. The number of thiocarbonyl (C=S) groups is 1. The first-order chi connectivity index (χ1) is 8.22. The number of aromatic nitrogens is 2. The molecule has 2 aliphatic rings. The molecule has 2 N–H and O–H groups in total. The van der Waals surface area contributed by atoms with E-state index in [4.69, 9.17) is 22.7 Å². The second-order valence-electron chi connectivity index (χ2n) is 4.49. The first-order valence-electron chi connectivity index (χ1n) is 5.74. The smallest absolute Gasteiger partial charge is 0.147 e. The number of anilines is 1. The molecule has 90 valence electrons. The van der Waals surface area contributed by atoms with Gasteiger partial charge in [-0.1, -0.05) is 12.2 Å². The van der Waals surface area contributed by atoms with Crippen molar-refractivity contribution in [1.82, 2.24) is 9.97 Å². The fourth-order valence-corrected chi connectivity index (χ4v) is 2.52. The zero-order valence-electron chi connectivity index (χ0n) is 9.37. The normalized spacial score (nSPS) is 27.2. The summed E-state index contributed by atoms with van der Waals surface area (Å²) in [6.45, 7) is 1.80. The summed E-state index contributed by atoms with van der Waals surface area (Å²) >= 11 is 4.85. The van der Waals surface area contributed by atoms with Crippen LogP contribution in [-0.4, -0.2) is 40.3 Å². The maximum Gasteiger partial charge on any atom is 0.147 e. The van der Waals surface area contributed by atoms with Gasteiger partial charge in [0, 0.05) is 13.1 Å². The van der Waals surface area contributed by atoms with Crippen LogP contribution in [0.1, 0.15) is 18.5 Å². The van der Waals surface area contributed by atoms with E-state index in [0.717, 1.165) is 31.7 Å². The van der Waals surface area contributed by atoms with Crippen LogP contribution in [-0.2, 0) is 4.74 Å². The summed E-state index contributed by atoms with van der Waals surface area (Å²) < 4.78 is 5.78.